The number of para-hydroxylation sites is 1. The predicted molar refractivity (Wildman–Crippen MR) is 89.8 cm³/mol. The van der Waals surface area contributed by atoms with Crippen LogP contribution in [-0.4, -0.2) is 32.4 Å². The summed E-state index contributed by atoms with van der Waals surface area (Å²) in [6.07, 6.45) is 1.48. The van der Waals surface area contributed by atoms with Gasteiger partial charge in [0.2, 0.25) is 10.0 Å². The van der Waals surface area contributed by atoms with Gasteiger partial charge >= 0.3 is 0 Å². The summed E-state index contributed by atoms with van der Waals surface area (Å²) < 4.78 is 59.5. The number of piperidine rings is 1. The smallest absolute Gasteiger partial charge is 0.246 e. The lowest BCUT2D eigenvalue weighted by atomic mass is 10.0. The molecule has 2 aromatic carbocycles. The Balaban J connectivity index is 1.71. The highest BCUT2D eigenvalue weighted by Gasteiger charge is 2.32. The Hall–Kier alpha value is -1.99. The van der Waals surface area contributed by atoms with E-state index in [1.165, 1.54) is 4.31 Å². The second kappa shape index (κ2) is 7.49. The molecule has 25 heavy (non-hydrogen) atoms. The highest BCUT2D eigenvalue weighted by Crippen LogP contribution is 2.26. The summed E-state index contributed by atoms with van der Waals surface area (Å²) in [6, 6.07) is 11.7. The van der Waals surface area contributed by atoms with E-state index in [1.54, 1.807) is 0 Å². The second-order valence-corrected chi connectivity index (χ2v) is 7.98. The van der Waals surface area contributed by atoms with Crippen LogP contribution in [0.5, 0.6) is 5.75 Å². The highest BCUT2D eigenvalue weighted by atomic mass is 32.2. The Morgan fingerprint density at radius 2 is 1.88 bits per heavy atom. The van der Waals surface area contributed by atoms with Crippen molar-refractivity contribution >= 4 is 10.0 Å². The fraction of sp³-hybridized carbons (Fsp3) is 0.333. The van der Waals surface area contributed by atoms with Crippen LogP contribution in [0.4, 0.5) is 8.78 Å². The third-order valence-corrected chi connectivity index (χ3v) is 6.10. The number of ether oxygens (including phenoxy) is 1. The van der Waals surface area contributed by atoms with Crippen LogP contribution in [-0.2, 0) is 10.0 Å². The minimum Gasteiger partial charge on any atom is -0.493 e. The summed E-state index contributed by atoms with van der Waals surface area (Å²) in [4.78, 5) is -0.614. The number of nitrogens with zero attached hydrogens (tertiary/aromatic N) is 1. The molecule has 1 heterocycles. The van der Waals surface area contributed by atoms with Crippen LogP contribution in [0.25, 0.3) is 0 Å². The molecular formula is C18H19F2NO3S. The van der Waals surface area contributed by atoms with Crippen molar-refractivity contribution in [3.05, 3.63) is 60.2 Å². The van der Waals surface area contributed by atoms with Crippen LogP contribution in [0.3, 0.4) is 0 Å². The molecule has 0 aliphatic carbocycles. The first-order chi connectivity index (χ1) is 12.0. The molecule has 0 saturated carbocycles. The summed E-state index contributed by atoms with van der Waals surface area (Å²) in [5.74, 6) is -0.996. The van der Waals surface area contributed by atoms with E-state index in [9.17, 15) is 17.2 Å². The number of hydrogen-bond donors (Lipinski definition) is 0. The molecule has 0 bridgehead atoms. The Kier molecular flexibility index (Phi) is 5.34. The molecule has 0 aromatic heterocycles. The third kappa shape index (κ3) is 4.16. The first-order valence-corrected chi connectivity index (χ1v) is 9.54. The van der Waals surface area contributed by atoms with Crippen molar-refractivity contribution in [3.63, 3.8) is 0 Å². The first-order valence-electron chi connectivity index (χ1n) is 8.10. The Labute approximate surface area is 146 Å². The molecule has 4 nitrogen and oxygen atoms in total. The fourth-order valence-electron chi connectivity index (χ4n) is 2.93. The van der Waals surface area contributed by atoms with Crippen LogP contribution in [0.2, 0.25) is 0 Å². The molecule has 0 N–H and O–H groups in total. The van der Waals surface area contributed by atoms with Crippen LogP contribution in [0, 0.1) is 17.6 Å². The maximum atomic E-state index is 13.9. The summed E-state index contributed by atoms with van der Waals surface area (Å²) in [5, 5.41) is 0. The van der Waals surface area contributed by atoms with Crippen molar-refractivity contribution < 1.29 is 21.9 Å². The summed E-state index contributed by atoms with van der Waals surface area (Å²) >= 11 is 0. The first kappa shape index (κ1) is 17.8. The van der Waals surface area contributed by atoms with Crippen molar-refractivity contribution in [3.8, 4) is 5.75 Å². The van der Waals surface area contributed by atoms with E-state index in [4.69, 9.17) is 4.74 Å². The van der Waals surface area contributed by atoms with Gasteiger partial charge in [-0.2, -0.15) is 4.31 Å². The Bertz CT molecular complexity index is 827. The maximum absolute atomic E-state index is 13.9. The van der Waals surface area contributed by atoms with E-state index >= 15 is 0 Å². The zero-order chi connectivity index (χ0) is 17.9. The minimum absolute atomic E-state index is 0.000325. The van der Waals surface area contributed by atoms with Crippen LogP contribution >= 0.6 is 0 Å². The van der Waals surface area contributed by atoms with Gasteiger partial charge in [-0.3, -0.25) is 0 Å². The SMILES string of the molecule is O=S(=O)(c1cc(F)ccc1F)N1CCCC(COc2ccccc2)C1. The molecule has 0 spiro atoms. The average molecular weight is 367 g/mol. The average Bonchev–Trinajstić information content (AvgIpc) is 2.63. The molecule has 1 fully saturated rings. The largest absolute Gasteiger partial charge is 0.493 e. The number of halogens is 2. The molecule has 0 amide bonds. The van der Waals surface area contributed by atoms with Crippen molar-refractivity contribution in [2.24, 2.45) is 5.92 Å². The number of benzene rings is 2. The lowest BCUT2D eigenvalue weighted by molar-refractivity contribution is 0.180. The van der Waals surface area contributed by atoms with Crippen LogP contribution in [0.1, 0.15) is 12.8 Å². The van der Waals surface area contributed by atoms with E-state index in [1.807, 2.05) is 30.3 Å². The molecule has 2 aromatic rings. The third-order valence-electron chi connectivity index (χ3n) is 4.22. The van der Waals surface area contributed by atoms with E-state index in [2.05, 4.69) is 0 Å². The van der Waals surface area contributed by atoms with Crippen molar-refractivity contribution in [2.45, 2.75) is 17.7 Å². The monoisotopic (exact) mass is 367 g/mol. The molecule has 7 heteroatoms. The van der Waals surface area contributed by atoms with Gasteiger partial charge in [0, 0.05) is 19.0 Å². The zero-order valence-corrected chi connectivity index (χ0v) is 14.4. The number of rotatable bonds is 5. The van der Waals surface area contributed by atoms with Crippen LogP contribution in [0.15, 0.2) is 53.4 Å². The zero-order valence-electron chi connectivity index (χ0n) is 13.6. The van der Waals surface area contributed by atoms with Gasteiger partial charge in [-0.05, 0) is 43.2 Å². The van der Waals surface area contributed by atoms with Gasteiger partial charge in [0.25, 0.3) is 0 Å². The summed E-state index contributed by atoms with van der Waals surface area (Å²) in [6.45, 7) is 0.896. The fourth-order valence-corrected chi connectivity index (χ4v) is 4.56. The Morgan fingerprint density at radius 3 is 2.64 bits per heavy atom. The minimum atomic E-state index is -4.07. The molecular weight excluding hydrogens is 348 g/mol. The molecule has 1 aliphatic rings. The highest BCUT2D eigenvalue weighted by molar-refractivity contribution is 7.89. The van der Waals surface area contributed by atoms with Gasteiger partial charge in [0.1, 0.15) is 22.3 Å². The Morgan fingerprint density at radius 1 is 1.12 bits per heavy atom. The maximum Gasteiger partial charge on any atom is 0.246 e. The predicted octanol–water partition coefficient (Wildman–Crippen LogP) is 3.44. The number of hydrogen-bond acceptors (Lipinski definition) is 3. The lowest BCUT2D eigenvalue weighted by Gasteiger charge is -2.31. The molecule has 1 atom stereocenters. The normalized spacial score (nSPS) is 18.9. The molecule has 1 unspecified atom stereocenters. The van der Waals surface area contributed by atoms with Crippen molar-refractivity contribution in [1.82, 2.24) is 4.31 Å². The molecule has 1 aliphatic heterocycles. The molecule has 3 rings (SSSR count). The van der Waals surface area contributed by atoms with Gasteiger partial charge in [0.15, 0.2) is 0 Å². The quantitative estimate of drug-likeness (QED) is 0.813. The van der Waals surface area contributed by atoms with Gasteiger partial charge < -0.3 is 4.74 Å². The van der Waals surface area contributed by atoms with Gasteiger partial charge in [-0.15, -0.1) is 0 Å². The lowest BCUT2D eigenvalue weighted by Crippen LogP contribution is -2.41. The van der Waals surface area contributed by atoms with E-state index in [0.29, 0.717) is 19.6 Å². The number of sulfonamides is 1. The van der Waals surface area contributed by atoms with E-state index < -0.39 is 26.6 Å². The molecule has 134 valence electrons. The topological polar surface area (TPSA) is 46.6 Å². The van der Waals surface area contributed by atoms with Gasteiger partial charge in [0.05, 0.1) is 6.61 Å². The van der Waals surface area contributed by atoms with Gasteiger partial charge in [-0.25, -0.2) is 17.2 Å². The summed E-state index contributed by atoms with van der Waals surface area (Å²) in [5.41, 5.74) is 0. The van der Waals surface area contributed by atoms with Crippen LogP contribution < -0.4 is 4.74 Å². The van der Waals surface area contributed by atoms with Crippen molar-refractivity contribution in [1.29, 1.82) is 0 Å². The van der Waals surface area contributed by atoms with E-state index in [-0.39, 0.29) is 12.5 Å². The summed E-state index contributed by atoms with van der Waals surface area (Å²) in [7, 11) is -4.07. The van der Waals surface area contributed by atoms with Crippen molar-refractivity contribution in [2.75, 3.05) is 19.7 Å². The molecule has 0 radical (unpaired) electrons. The molecule has 1 saturated heterocycles. The second-order valence-electron chi connectivity index (χ2n) is 6.07. The standard InChI is InChI=1S/C18H19F2NO3S/c19-15-8-9-17(20)18(11-15)25(22,23)21-10-4-5-14(12-21)13-24-16-6-2-1-3-7-16/h1-3,6-9,11,14H,4-5,10,12-13H2. The van der Waals surface area contributed by atoms with E-state index in [0.717, 1.165) is 30.4 Å². The van der Waals surface area contributed by atoms with Gasteiger partial charge in [-0.1, -0.05) is 18.2 Å².